The van der Waals surface area contributed by atoms with Crippen LogP contribution in [0.25, 0.3) is 0 Å². The first-order chi connectivity index (χ1) is 8.79. The Hall–Kier alpha value is -0.190. The second-order valence-corrected chi connectivity index (χ2v) is 7.83. The van der Waals surface area contributed by atoms with E-state index in [0.717, 1.165) is 14.3 Å². The molecule has 0 radical (unpaired) electrons. The molecule has 0 heterocycles. The number of benzene rings is 1. The third-order valence-electron chi connectivity index (χ3n) is 2.18. The lowest BCUT2D eigenvalue weighted by atomic mass is 10.2. The van der Waals surface area contributed by atoms with Crippen molar-refractivity contribution in [3.8, 4) is 0 Å². The van der Waals surface area contributed by atoms with Crippen molar-refractivity contribution >= 4 is 54.5 Å². The summed E-state index contributed by atoms with van der Waals surface area (Å²) in [7, 11) is -3.16. The van der Waals surface area contributed by atoms with Crippen LogP contribution in [0.2, 0.25) is 0 Å². The lowest BCUT2D eigenvalue weighted by molar-refractivity contribution is 0.0952. The molecule has 0 unspecified atom stereocenters. The summed E-state index contributed by atoms with van der Waals surface area (Å²) in [5.74, 6) is -0.176. The van der Waals surface area contributed by atoms with Gasteiger partial charge in [0.25, 0.3) is 5.91 Å². The lowest BCUT2D eigenvalue weighted by Crippen LogP contribution is -2.29. The van der Waals surface area contributed by atoms with Gasteiger partial charge in [-0.25, -0.2) is 13.1 Å². The summed E-state index contributed by atoms with van der Waals surface area (Å²) < 4.78 is 25.7. The maximum atomic E-state index is 11.9. The van der Waals surface area contributed by atoms with Gasteiger partial charge in [0.05, 0.1) is 11.8 Å². The number of hydrogen-bond acceptors (Lipinski definition) is 3. The van der Waals surface area contributed by atoms with Gasteiger partial charge in [-0.2, -0.15) is 0 Å². The molecule has 0 aliphatic carbocycles. The molecule has 1 amide bonds. The number of carbonyl (C=O) groups excluding carboxylic acids is 1. The van der Waals surface area contributed by atoms with Crippen molar-refractivity contribution in [2.45, 2.75) is 6.42 Å². The van der Waals surface area contributed by atoms with Crippen molar-refractivity contribution in [1.29, 1.82) is 0 Å². The molecule has 1 rings (SSSR count). The van der Waals surface area contributed by atoms with E-state index in [0.29, 0.717) is 25.1 Å². The molecule has 0 bridgehead atoms. The molecular weight excluding hydrogens is 447 g/mol. The Morgan fingerprint density at radius 1 is 1.37 bits per heavy atom. The van der Waals surface area contributed by atoms with E-state index < -0.39 is 10.0 Å². The fourth-order valence-electron chi connectivity index (χ4n) is 1.31. The first kappa shape index (κ1) is 16.9. The van der Waals surface area contributed by atoms with E-state index in [1.54, 1.807) is 6.07 Å². The highest BCUT2D eigenvalue weighted by atomic mass is 127. The first-order valence-corrected chi connectivity index (χ1v) is 9.24. The summed E-state index contributed by atoms with van der Waals surface area (Å²) in [6.45, 7) is 0.728. The minimum Gasteiger partial charge on any atom is -0.352 e. The monoisotopic (exact) mass is 460 g/mol. The van der Waals surface area contributed by atoms with Crippen molar-refractivity contribution in [2.75, 3.05) is 19.3 Å². The molecule has 2 N–H and O–H groups in total. The molecule has 8 heteroatoms. The molecule has 0 saturated carbocycles. The summed E-state index contributed by atoms with van der Waals surface area (Å²) in [6, 6.07) is 5.51. The molecule has 0 aliphatic heterocycles. The molecule has 0 aromatic heterocycles. The van der Waals surface area contributed by atoms with Crippen LogP contribution < -0.4 is 10.0 Å². The summed E-state index contributed by atoms with van der Waals surface area (Å²) >= 11 is 5.46. The van der Waals surface area contributed by atoms with Crippen LogP contribution in [0.5, 0.6) is 0 Å². The fraction of sp³-hybridized carbons (Fsp3) is 0.364. The van der Waals surface area contributed by atoms with Crippen LogP contribution in [0.1, 0.15) is 16.8 Å². The Balaban J connectivity index is 2.42. The molecule has 1 aromatic carbocycles. The molecule has 0 fully saturated rings. The molecule has 0 saturated heterocycles. The minimum absolute atomic E-state index is 0.176. The second-order valence-electron chi connectivity index (χ2n) is 3.90. The molecule has 106 valence electrons. The molecular formula is C11H14BrIN2O3S. The van der Waals surface area contributed by atoms with Gasteiger partial charge in [0, 0.05) is 21.1 Å². The largest absolute Gasteiger partial charge is 0.352 e. The van der Waals surface area contributed by atoms with Crippen LogP contribution in [-0.4, -0.2) is 33.7 Å². The molecule has 0 spiro atoms. The predicted molar refractivity (Wildman–Crippen MR) is 86.7 cm³/mol. The van der Waals surface area contributed by atoms with Gasteiger partial charge in [0.15, 0.2) is 0 Å². The van der Waals surface area contributed by atoms with Crippen molar-refractivity contribution in [3.63, 3.8) is 0 Å². The molecule has 19 heavy (non-hydrogen) atoms. The highest BCUT2D eigenvalue weighted by Crippen LogP contribution is 2.19. The zero-order valence-corrected chi connectivity index (χ0v) is 14.8. The van der Waals surface area contributed by atoms with E-state index >= 15 is 0 Å². The SMILES string of the molecule is CS(=O)(=O)NCCCNC(=O)c1cc(I)ccc1Br. The smallest absolute Gasteiger partial charge is 0.252 e. The van der Waals surface area contributed by atoms with Crippen molar-refractivity contribution in [1.82, 2.24) is 10.0 Å². The number of rotatable bonds is 6. The van der Waals surface area contributed by atoms with Gasteiger partial charge in [-0.3, -0.25) is 4.79 Å². The summed E-state index contributed by atoms with van der Waals surface area (Å²) in [5.41, 5.74) is 0.572. The maximum Gasteiger partial charge on any atom is 0.252 e. The number of carbonyl (C=O) groups is 1. The van der Waals surface area contributed by atoms with Crippen LogP contribution in [0.15, 0.2) is 22.7 Å². The Labute approximate surface area is 134 Å². The molecule has 1 aromatic rings. The highest BCUT2D eigenvalue weighted by molar-refractivity contribution is 14.1. The number of halogens is 2. The Morgan fingerprint density at radius 3 is 2.68 bits per heavy atom. The van der Waals surface area contributed by atoms with Crippen LogP contribution >= 0.6 is 38.5 Å². The Kier molecular flexibility index (Phi) is 6.71. The van der Waals surface area contributed by atoms with Crippen molar-refractivity contribution in [2.24, 2.45) is 0 Å². The van der Waals surface area contributed by atoms with Gasteiger partial charge in [-0.1, -0.05) is 0 Å². The van der Waals surface area contributed by atoms with Crippen molar-refractivity contribution < 1.29 is 13.2 Å². The van der Waals surface area contributed by atoms with Gasteiger partial charge in [0.2, 0.25) is 10.0 Å². The zero-order valence-electron chi connectivity index (χ0n) is 10.2. The van der Waals surface area contributed by atoms with Crippen LogP contribution in [0, 0.1) is 3.57 Å². The quantitative estimate of drug-likeness (QED) is 0.501. The van der Waals surface area contributed by atoms with Gasteiger partial charge in [-0.15, -0.1) is 0 Å². The number of amides is 1. The zero-order chi connectivity index (χ0) is 14.5. The van der Waals surface area contributed by atoms with Crippen LogP contribution in [-0.2, 0) is 10.0 Å². The average molecular weight is 461 g/mol. The lowest BCUT2D eigenvalue weighted by Gasteiger charge is -2.07. The van der Waals surface area contributed by atoms with Gasteiger partial charge >= 0.3 is 0 Å². The topological polar surface area (TPSA) is 75.3 Å². The third kappa shape index (κ3) is 6.68. The standard InChI is InChI=1S/C11H14BrIN2O3S/c1-19(17,18)15-6-2-5-14-11(16)9-7-8(13)3-4-10(9)12/h3-4,7,15H,2,5-6H2,1H3,(H,14,16). The van der Waals surface area contributed by atoms with E-state index in [-0.39, 0.29) is 5.91 Å². The van der Waals surface area contributed by atoms with E-state index in [1.165, 1.54) is 0 Å². The Morgan fingerprint density at radius 2 is 2.05 bits per heavy atom. The summed E-state index contributed by atoms with van der Waals surface area (Å²) in [5, 5.41) is 2.75. The second kappa shape index (κ2) is 7.55. The van der Waals surface area contributed by atoms with Gasteiger partial charge < -0.3 is 5.32 Å². The van der Waals surface area contributed by atoms with Gasteiger partial charge in [0.1, 0.15) is 0 Å². The summed E-state index contributed by atoms with van der Waals surface area (Å²) in [6.07, 6.45) is 1.65. The number of sulfonamides is 1. The summed E-state index contributed by atoms with van der Waals surface area (Å²) in [4.78, 5) is 11.9. The Bertz CT molecular complexity index is 563. The molecule has 5 nitrogen and oxygen atoms in total. The first-order valence-electron chi connectivity index (χ1n) is 5.47. The van der Waals surface area contributed by atoms with E-state index in [1.807, 2.05) is 12.1 Å². The normalized spacial score (nSPS) is 11.3. The van der Waals surface area contributed by atoms with Crippen molar-refractivity contribution in [3.05, 3.63) is 31.8 Å². The predicted octanol–water partition coefficient (Wildman–Crippen LogP) is 1.72. The van der Waals surface area contributed by atoms with E-state index in [9.17, 15) is 13.2 Å². The minimum atomic E-state index is -3.16. The molecule has 0 atom stereocenters. The fourth-order valence-corrected chi connectivity index (χ4v) is 2.75. The van der Waals surface area contributed by atoms with E-state index in [4.69, 9.17) is 0 Å². The van der Waals surface area contributed by atoms with Crippen LogP contribution in [0.4, 0.5) is 0 Å². The highest BCUT2D eigenvalue weighted by Gasteiger charge is 2.09. The number of hydrogen-bond donors (Lipinski definition) is 2. The van der Waals surface area contributed by atoms with Gasteiger partial charge in [-0.05, 0) is 63.1 Å². The average Bonchev–Trinajstić information content (AvgIpc) is 2.30. The molecule has 0 aliphatic rings. The van der Waals surface area contributed by atoms with E-state index in [2.05, 4.69) is 48.6 Å². The number of nitrogens with one attached hydrogen (secondary N) is 2. The maximum absolute atomic E-state index is 11.9. The third-order valence-corrected chi connectivity index (χ3v) is 4.27. The van der Waals surface area contributed by atoms with Crippen LogP contribution in [0.3, 0.4) is 0 Å².